The van der Waals surface area contributed by atoms with E-state index in [-0.39, 0.29) is 25.7 Å². The van der Waals surface area contributed by atoms with Gasteiger partial charge in [0.15, 0.2) is 0 Å². The molecule has 0 amide bonds. The first kappa shape index (κ1) is 17.5. The van der Waals surface area contributed by atoms with E-state index in [1.54, 1.807) is 0 Å². The number of unbranched alkanes of at least 4 members (excludes halogenated alkanes) is 3. The number of halogens is 6. The second-order valence-electron chi connectivity index (χ2n) is 3.50. The molecule has 0 fully saturated rings. The Morgan fingerprint density at radius 1 is 0.833 bits per heavy atom. The van der Waals surface area contributed by atoms with Gasteiger partial charge in [0, 0.05) is 6.42 Å². The first-order chi connectivity index (χ1) is 7.96. The molecule has 0 saturated heterocycles. The lowest BCUT2D eigenvalue weighted by Crippen LogP contribution is -2.25. The molecular weight excluding hydrogens is 290 g/mol. The van der Waals surface area contributed by atoms with Gasteiger partial charge in [0.1, 0.15) is 0 Å². The van der Waals surface area contributed by atoms with Crippen molar-refractivity contribution in [2.24, 2.45) is 0 Å². The Hall–Kier alpha value is -0.510. The lowest BCUT2D eigenvalue weighted by Gasteiger charge is -2.08. The van der Waals surface area contributed by atoms with Gasteiger partial charge in [-0.05, 0) is 12.8 Å². The summed E-state index contributed by atoms with van der Waals surface area (Å²) in [5.74, 6) is 0. The quantitative estimate of drug-likeness (QED) is 0.313. The van der Waals surface area contributed by atoms with Crippen LogP contribution in [-0.2, 0) is 14.3 Å². The predicted octanol–water partition coefficient (Wildman–Crippen LogP) is 3.37. The zero-order chi connectivity index (χ0) is 14.4. The van der Waals surface area contributed by atoms with E-state index in [4.69, 9.17) is 0 Å². The summed E-state index contributed by atoms with van der Waals surface area (Å²) in [5, 5.41) is 0. The maximum atomic E-state index is 11.8. The fourth-order valence-electron chi connectivity index (χ4n) is 1.02. The van der Waals surface area contributed by atoms with Gasteiger partial charge in [0.2, 0.25) is 0 Å². The highest BCUT2D eigenvalue weighted by Crippen LogP contribution is 2.25. The molecule has 0 radical (unpaired) electrons. The van der Waals surface area contributed by atoms with Crippen LogP contribution in [0.25, 0.3) is 0 Å². The minimum Gasteiger partial charge on any atom is -0.263 e. The standard InChI is InChI=1S/C8H12F6O3S/c9-7(10,11)5-3-1-2-4-6-17-18(15,16)8(12,13)14/h1-6H2. The summed E-state index contributed by atoms with van der Waals surface area (Å²) in [5.41, 5.74) is -5.47. The molecule has 0 unspecified atom stereocenters. The van der Waals surface area contributed by atoms with E-state index in [0.29, 0.717) is 0 Å². The van der Waals surface area contributed by atoms with Crippen LogP contribution in [0.4, 0.5) is 26.3 Å². The Morgan fingerprint density at radius 2 is 1.33 bits per heavy atom. The molecule has 10 heteroatoms. The summed E-state index contributed by atoms with van der Waals surface area (Å²) >= 11 is 0. The van der Waals surface area contributed by atoms with E-state index in [2.05, 4.69) is 4.18 Å². The van der Waals surface area contributed by atoms with Crippen LogP contribution in [0, 0.1) is 0 Å². The van der Waals surface area contributed by atoms with Crippen molar-refractivity contribution in [3.63, 3.8) is 0 Å². The highest BCUT2D eigenvalue weighted by atomic mass is 32.2. The normalized spacial score (nSPS) is 13.9. The molecule has 0 aromatic rings. The molecule has 0 aliphatic rings. The van der Waals surface area contributed by atoms with Crippen LogP contribution in [0.15, 0.2) is 0 Å². The van der Waals surface area contributed by atoms with Gasteiger partial charge in [0.05, 0.1) is 6.61 Å². The fraction of sp³-hybridized carbons (Fsp3) is 1.00. The Morgan fingerprint density at radius 3 is 1.78 bits per heavy atom. The van der Waals surface area contributed by atoms with Crippen molar-refractivity contribution in [3.05, 3.63) is 0 Å². The summed E-state index contributed by atoms with van der Waals surface area (Å²) in [7, 11) is -5.59. The van der Waals surface area contributed by atoms with Gasteiger partial charge < -0.3 is 0 Å². The summed E-state index contributed by atoms with van der Waals surface area (Å²) < 4.78 is 94.8. The molecule has 0 saturated carbocycles. The molecule has 0 aliphatic heterocycles. The summed E-state index contributed by atoms with van der Waals surface area (Å²) in [4.78, 5) is 0. The Bertz CT molecular complexity index is 332. The molecule has 0 N–H and O–H groups in total. The average Bonchev–Trinajstić information content (AvgIpc) is 2.12. The van der Waals surface area contributed by atoms with Crippen molar-refractivity contribution in [1.29, 1.82) is 0 Å². The SMILES string of the molecule is O=S(=O)(OCCCCCCC(F)(F)F)C(F)(F)F. The van der Waals surface area contributed by atoms with Crippen LogP contribution < -0.4 is 0 Å². The number of alkyl halides is 6. The lowest BCUT2D eigenvalue weighted by molar-refractivity contribution is -0.135. The van der Waals surface area contributed by atoms with Gasteiger partial charge in [0.25, 0.3) is 0 Å². The first-order valence-electron chi connectivity index (χ1n) is 4.98. The van der Waals surface area contributed by atoms with Gasteiger partial charge in [-0.15, -0.1) is 0 Å². The van der Waals surface area contributed by atoms with Crippen molar-refractivity contribution in [1.82, 2.24) is 0 Å². The van der Waals surface area contributed by atoms with Crippen LogP contribution in [0.2, 0.25) is 0 Å². The highest BCUT2D eigenvalue weighted by molar-refractivity contribution is 7.87. The molecule has 0 spiro atoms. The molecule has 0 heterocycles. The maximum Gasteiger partial charge on any atom is 0.523 e. The summed E-state index contributed by atoms with van der Waals surface area (Å²) in [6, 6.07) is 0. The molecule has 0 atom stereocenters. The maximum absolute atomic E-state index is 11.8. The van der Waals surface area contributed by atoms with Crippen molar-refractivity contribution >= 4 is 10.1 Å². The van der Waals surface area contributed by atoms with E-state index in [0.717, 1.165) is 0 Å². The van der Waals surface area contributed by atoms with E-state index in [1.165, 1.54) is 0 Å². The smallest absolute Gasteiger partial charge is 0.263 e. The molecule has 0 aromatic carbocycles. The zero-order valence-electron chi connectivity index (χ0n) is 9.14. The molecule has 0 aliphatic carbocycles. The third kappa shape index (κ3) is 7.75. The zero-order valence-corrected chi connectivity index (χ0v) is 9.96. The van der Waals surface area contributed by atoms with Crippen molar-refractivity contribution in [3.8, 4) is 0 Å². The number of hydrogen-bond donors (Lipinski definition) is 0. The summed E-state index contributed by atoms with van der Waals surface area (Å²) in [6.45, 7) is -0.687. The minimum atomic E-state index is -5.59. The Labute approximate surface area is 100 Å². The molecule has 0 rings (SSSR count). The Balaban J connectivity index is 3.65. The molecule has 0 aromatic heterocycles. The van der Waals surface area contributed by atoms with Crippen LogP contribution in [-0.4, -0.2) is 26.7 Å². The van der Waals surface area contributed by atoms with E-state index in [1.807, 2.05) is 0 Å². The Kier molecular flexibility index (Phi) is 6.41. The van der Waals surface area contributed by atoms with Crippen molar-refractivity contribution in [2.45, 2.75) is 43.8 Å². The second-order valence-corrected chi connectivity index (χ2v) is 5.11. The van der Waals surface area contributed by atoms with E-state index >= 15 is 0 Å². The lowest BCUT2D eigenvalue weighted by atomic mass is 10.1. The monoisotopic (exact) mass is 302 g/mol. The topological polar surface area (TPSA) is 43.4 Å². The molecule has 3 nitrogen and oxygen atoms in total. The van der Waals surface area contributed by atoms with E-state index < -0.39 is 34.8 Å². The minimum absolute atomic E-state index is 0.0484. The van der Waals surface area contributed by atoms with E-state index in [9.17, 15) is 34.8 Å². The van der Waals surface area contributed by atoms with Gasteiger partial charge in [-0.25, -0.2) is 0 Å². The second kappa shape index (κ2) is 6.60. The van der Waals surface area contributed by atoms with Gasteiger partial charge in [-0.1, -0.05) is 12.8 Å². The third-order valence-corrected chi connectivity index (χ3v) is 2.92. The van der Waals surface area contributed by atoms with Crippen molar-refractivity contribution in [2.75, 3.05) is 6.61 Å². The van der Waals surface area contributed by atoms with Gasteiger partial charge in [-0.2, -0.15) is 34.8 Å². The fourth-order valence-corrected chi connectivity index (χ4v) is 1.49. The largest absolute Gasteiger partial charge is 0.523 e. The number of hydrogen-bond acceptors (Lipinski definition) is 3. The molecular formula is C8H12F6O3S. The number of rotatable bonds is 7. The average molecular weight is 302 g/mol. The van der Waals surface area contributed by atoms with Crippen LogP contribution in [0.3, 0.4) is 0 Å². The molecule has 110 valence electrons. The molecule has 18 heavy (non-hydrogen) atoms. The van der Waals surface area contributed by atoms with Crippen molar-refractivity contribution < 1.29 is 38.9 Å². The van der Waals surface area contributed by atoms with Crippen LogP contribution >= 0.6 is 0 Å². The van der Waals surface area contributed by atoms with Crippen LogP contribution in [0.5, 0.6) is 0 Å². The predicted molar refractivity (Wildman–Crippen MR) is 50.1 cm³/mol. The van der Waals surface area contributed by atoms with Gasteiger partial charge >= 0.3 is 21.8 Å². The molecule has 0 bridgehead atoms. The first-order valence-corrected chi connectivity index (χ1v) is 6.39. The van der Waals surface area contributed by atoms with Gasteiger partial charge in [-0.3, -0.25) is 4.18 Å². The summed E-state index contributed by atoms with van der Waals surface area (Å²) in [6.07, 6.45) is -5.09. The highest BCUT2D eigenvalue weighted by Gasteiger charge is 2.47. The van der Waals surface area contributed by atoms with Crippen LogP contribution in [0.1, 0.15) is 32.1 Å². The third-order valence-electron chi connectivity index (χ3n) is 1.88.